The lowest BCUT2D eigenvalue weighted by Crippen LogP contribution is -2.35. The van der Waals surface area contributed by atoms with Gasteiger partial charge < -0.3 is 5.11 Å². The lowest BCUT2D eigenvalue weighted by molar-refractivity contribution is -0.0151. The van der Waals surface area contributed by atoms with E-state index < -0.39 is 5.60 Å². The second kappa shape index (κ2) is 4.97. The van der Waals surface area contributed by atoms with Gasteiger partial charge in [-0.3, -0.25) is 4.90 Å². The van der Waals surface area contributed by atoms with Crippen molar-refractivity contribution in [3.63, 3.8) is 0 Å². The summed E-state index contributed by atoms with van der Waals surface area (Å²) in [6.45, 7) is 3.05. The fraction of sp³-hybridized carbons (Fsp3) is 0.846. The van der Waals surface area contributed by atoms with E-state index in [1.807, 2.05) is 4.68 Å². The Morgan fingerprint density at radius 3 is 2.56 bits per heavy atom. The van der Waals surface area contributed by atoms with Gasteiger partial charge in [-0.1, -0.05) is 19.3 Å². The van der Waals surface area contributed by atoms with Crippen molar-refractivity contribution in [3.05, 3.63) is 12.2 Å². The number of nitrogens with zero attached hydrogens (tertiary/aromatic N) is 4. The topological polar surface area (TPSA) is 54.2 Å². The lowest BCUT2D eigenvalue weighted by atomic mass is 9.84. The van der Waals surface area contributed by atoms with Crippen LogP contribution in [-0.2, 0) is 12.3 Å². The first-order valence-corrected chi connectivity index (χ1v) is 7.11. The summed E-state index contributed by atoms with van der Waals surface area (Å²) in [6, 6.07) is 0. The fourth-order valence-corrected chi connectivity index (χ4v) is 3.20. The van der Waals surface area contributed by atoms with Crippen LogP contribution in [0.2, 0.25) is 0 Å². The van der Waals surface area contributed by atoms with Gasteiger partial charge in [0.25, 0.3) is 0 Å². The van der Waals surface area contributed by atoms with Crippen molar-refractivity contribution in [1.82, 2.24) is 19.7 Å². The minimum Gasteiger partial charge on any atom is -0.382 e. The Morgan fingerprint density at radius 1 is 1.11 bits per heavy atom. The van der Waals surface area contributed by atoms with Crippen molar-refractivity contribution >= 4 is 0 Å². The molecule has 0 bridgehead atoms. The normalized spacial score (nSPS) is 24.5. The first-order valence-electron chi connectivity index (χ1n) is 7.11. The monoisotopic (exact) mass is 250 g/mol. The molecule has 3 rings (SSSR count). The molecule has 0 unspecified atom stereocenters. The third-order valence-corrected chi connectivity index (χ3v) is 4.25. The molecule has 1 aliphatic carbocycles. The van der Waals surface area contributed by atoms with Crippen LogP contribution in [0.4, 0.5) is 0 Å². The van der Waals surface area contributed by atoms with Gasteiger partial charge in [-0.2, -0.15) is 5.10 Å². The van der Waals surface area contributed by atoms with E-state index in [0.29, 0.717) is 0 Å². The number of hydrogen-bond donors (Lipinski definition) is 1. The van der Waals surface area contributed by atoms with E-state index in [1.54, 1.807) is 6.33 Å². The van der Waals surface area contributed by atoms with Gasteiger partial charge in [0.2, 0.25) is 0 Å². The Labute approximate surface area is 108 Å². The van der Waals surface area contributed by atoms with E-state index >= 15 is 0 Å². The molecule has 0 amide bonds. The molecule has 0 radical (unpaired) electrons. The highest BCUT2D eigenvalue weighted by Crippen LogP contribution is 2.35. The largest absolute Gasteiger partial charge is 0.382 e. The predicted octanol–water partition coefficient (Wildman–Crippen LogP) is 1.48. The maximum atomic E-state index is 10.7. The molecule has 2 fully saturated rings. The van der Waals surface area contributed by atoms with Crippen molar-refractivity contribution in [3.8, 4) is 0 Å². The zero-order chi connectivity index (χ0) is 12.4. The van der Waals surface area contributed by atoms with Crippen LogP contribution in [0.1, 0.15) is 50.8 Å². The molecule has 5 heteroatoms. The highest BCUT2D eigenvalue weighted by atomic mass is 16.3. The summed E-state index contributed by atoms with van der Waals surface area (Å²) < 4.78 is 1.90. The third kappa shape index (κ3) is 2.29. The first-order chi connectivity index (χ1) is 8.78. The van der Waals surface area contributed by atoms with Gasteiger partial charge in [-0.05, 0) is 38.8 Å². The zero-order valence-electron chi connectivity index (χ0n) is 10.9. The minimum absolute atomic E-state index is 0.742. The molecule has 2 heterocycles. The maximum Gasteiger partial charge on any atom is 0.160 e. The van der Waals surface area contributed by atoms with Gasteiger partial charge >= 0.3 is 0 Å². The van der Waals surface area contributed by atoms with Crippen LogP contribution < -0.4 is 0 Å². The molecule has 0 aromatic carbocycles. The van der Waals surface area contributed by atoms with Gasteiger partial charge in [0.15, 0.2) is 5.82 Å². The maximum absolute atomic E-state index is 10.7. The number of likely N-dealkylation sites (tertiary alicyclic amines) is 1. The molecule has 5 nitrogen and oxygen atoms in total. The molecule has 1 saturated heterocycles. The molecule has 1 N–H and O–H groups in total. The van der Waals surface area contributed by atoms with Crippen LogP contribution in [0.15, 0.2) is 6.33 Å². The second-order valence-electron chi connectivity index (χ2n) is 5.64. The zero-order valence-corrected chi connectivity index (χ0v) is 10.9. The van der Waals surface area contributed by atoms with Crippen LogP contribution in [0, 0.1) is 0 Å². The second-order valence-corrected chi connectivity index (χ2v) is 5.64. The Kier molecular flexibility index (Phi) is 3.35. The lowest BCUT2D eigenvalue weighted by Gasteiger charge is -2.31. The minimum atomic E-state index is -0.742. The Hall–Kier alpha value is -0.940. The quantitative estimate of drug-likeness (QED) is 0.883. The highest BCUT2D eigenvalue weighted by molar-refractivity contribution is 5.02. The summed E-state index contributed by atoms with van der Waals surface area (Å²) in [5.74, 6) is 0.772. The molecule has 1 saturated carbocycles. The summed E-state index contributed by atoms with van der Waals surface area (Å²) in [4.78, 5) is 6.71. The summed E-state index contributed by atoms with van der Waals surface area (Å²) in [5.41, 5.74) is -0.742. The molecule has 1 aromatic heterocycles. The van der Waals surface area contributed by atoms with E-state index in [9.17, 15) is 5.11 Å². The molecule has 0 atom stereocenters. The van der Waals surface area contributed by atoms with Crippen LogP contribution in [0.5, 0.6) is 0 Å². The summed E-state index contributed by atoms with van der Waals surface area (Å²) in [5, 5.41) is 15.0. The van der Waals surface area contributed by atoms with Crippen molar-refractivity contribution < 1.29 is 5.11 Å². The highest BCUT2D eigenvalue weighted by Gasteiger charge is 2.36. The van der Waals surface area contributed by atoms with Gasteiger partial charge in [0.05, 0.1) is 6.67 Å². The number of rotatable bonds is 3. The third-order valence-electron chi connectivity index (χ3n) is 4.25. The summed E-state index contributed by atoms with van der Waals surface area (Å²) in [6.07, 6.45) is 9.18. The van der Waals surface area contributed by atoms with Gasteiger partial charge in [0.1, 0.15) is 11.9 Å². The molecule has 0 spiro atoms. The fourth-order valence-electron chi connectivity index (χ4n) is 3.20. The number of aromatic nitrogens is 3. The van der Waals surface area contributed by atoms with E-state index in [0.717, 1.165) is 51.3 Å². The van der Waals surface area contributed by atoms with E-state index in [1.165, 1.54) is 19.3 Å². The molecular formula is C13H22N4O. The summed E-state index contributed by atoms with van der Waals surface area (Å²) in [7, 11) is 0. The van der Waals surface area contributed by atoms with Crippen molar-refractivity contribution in [2.24, 2.45) is 0 Å². The Bertz CT molecular complexity index is 391. The van der Waals surface area contributed by atoms with Crippen molar-refractivity contribution in [2.45, 2.75) is 57.2 Å². The average Bonchev–Trinajstić information content (AvgIpc) is 3.02. The van der Waals surface area contributed by atoms with Gasteiger partial charge in [-0.15, -0.1) is 0 Å². The van der Waals surface area contributed by atoms with E-state index in [2.05, 4.69) is 15.0 Å². The SMILES string of the molecule is OC1(c2ncnn2CN2CCCC2)CCCCC1. The number of aliphatic hydroxyl groups is 1. The Morgan fingerprint density at radius 2 is 1.83 bits per heavy atom. The van der Waals surface area contributed by atoms with Crippen molar-refractivity contribution in [1.29, 1.82) is 0 Å². The molecule has 100 valence electrons. The molecule has 1 aromatic rings. The molecule has 2 aliphatic rings. The van der Waals surface area contributed by atoms with Crippen LogP contribution >= 0.6 is 0 Å². The summed E-state index contributed by atoms with van der Waals surface area (Å²) >= 11 is 0. The van der Waals surface area contributed by atoms with Crippen LogP contribution in [-0.4, -0.2) is 37.9 Å². The molecule has 18 heavy (non-hydrogen) atoms. The van der Waals surface area contributed by atoms with Crippen molar-refractivity contribution in [2.75, 3.05) is 13.1 Å². The smallest absolute Gasteiger partial charge is 0.160 e. The van der Waals surface area contributed by atoms with Gasteiger partial charge in [-0.25, -0.2) is 9.67 Å². The van der Waals surface area contributed by atoms with Crippen LogP contribution in [0.25, 0.3) is 0 Å². The first kappa shape index (κ1) is 12.1. The van der Waals surface area contributed by atoms with Gasteiger partial charge in [0, 0.05) is 0 Å². The van der Waals surface area contributed by atoms with E-state index in [-0.39, 0.29) is 0 Å². The standard InChI is InChI=1S/C13H22N4O/c18-13(6-2-1-3-7-13)12-14-10-15-17(12)11-16-8-4-5-9-16/h10,18H,1-9,11H2. The molecule has 1 aliphatic heterocycles. The average molecular weight is 250 g/mol. The van der Waals surface area contributed by atoms with E-state index in [4.69, 9.17) is 0 Å². The predicted molar refractivity (Wildman–Crippen MR) is 67.8 cm³/mol. The number of hydrogen-bond acceptors (Lipinski definition) is 4. The Balaban J connectivity index is 1.77. The molecular weight excluding hydrogens is 228 g/mol. The van der Waals surface area contributed by atoms with Crippen LogP contribution in [0.3, 0.4) is 0 Å².